The molecule has 0 atom stereocenters. The average Bonchev–Trinajstić information content (AvgIpc) is 3.17. The molecule has 0 saturated carbocycles. The molecule has 0 spiro atoms. The number of halogens is 1. The number of allylic oxidation sites excluding steroid dienone is 3. The number of hydrogen-bond donors (Lipinski definition) is 4. The number of H-pyrrole nitrogens is 1. The van der Waals surface area contributed by atoms with E-state index >= 15 is 0 Å². The molecule has 0 aliphatic carbocycles. The molecular weight excluding hydrogens is 373 g/mol. The highest BCUT2D eigenvalue weighted by Gasteiger charge is 2.17. The molecule has 0 unspecified atom stereocenters. The van der Waals surface area contributed by atoms with Crippen molar-refractivity contribution in [3.63, 3.8) is 0 Å². The number of aromatic amines is 1. The van der Waals surface area contributed by atoms with E-state index < -0.39 is 11.7 Å². The summed E-state index contributed by atoms with van der Waals surface area (Å²) in [6.07, 6.45) is 8.69. The first-order valence-electron chi connectivity index (χ1n) is 8.84. The summed E-state index contributed by atoms with van der Waals surface area (Å²) in [7, 11) is 0. The molecule has 1 aliphatic heterocycles. The predicted molar refractivity (Wildman–Crippen MR) is 110 cm³/mol. The van der Waals surface area contributed by atoms with E-state index in [1.165, 1.54) is 30.5 Å². The number of nitrogens with one attached hydrogen (secondary N) is 4. The minimum atomic E-state index is -0.511. The summed E-state index contributed by atoms with van der Waals surface area (Å²) in [6.45, 7) is 6.30. The van der Waals surface area contributed by atoms with Gasteiger partial charge in [-0.05, 0) is 36.8 Å². The first-order chi connectivity index (χ1) is 13.9. The van der Waals surface area contributed by atoms with Crippen molar-refractivity contribution >= 4 is 23.2 Å². The molecule has 29 heavy (non-hydrogen) atoms. The Hall–Kier alpha value is -3.94. The van der Waals surface area contributed by atoms with Gasteiger partial charge in [0.1, 0.15) is 11.5 Å². The quantitative estimate of drug-likeness (QED) is 0.586. The number of benzene rings is 1. The number of hydrogen-bond acceptors (Lipinski definition) is 4. The molecule has 3 rings (SSSR count). The maximum atomic E-state index is 13.0. The highest BCUT2D eigenvalue weighted by atomic mass is 19.1. The van der Waals surface area contributed by atoms with Gasteiger partial charge in [-0.1, -0.05) is 30.9 Å². The average molecular weight is 393 g/mol. The highest BCUT2D eigenvalue weighted by molar-refractivity contribution is 6.11. The number of amides is 2. The second-order valence-electron chi connectivity index (χ2n) is 6.31. The van der Waals surface area contributed by atoms with Gasteiger partial charge in [0.05, 0.1) is 11.9 Å². The summed E-state index contributed by atoms with van der Waals surface area (Å²) < 4.78 is 13.0. The first-order valence-corrected chi connectivity index (χ1v) is 8.84. The van der Waals surface area contributed by atoms with Crippen molar-refractivity contribution in [2.45, 2.75) is 6.92 Å². The largest absolute Gasteiger partial charge is 0.382 e. The molecule has 2 aromatic rings. The van der Waals surface area contributed by atoms with Crippen molar-refractivity contribution in [2.75, 3.05) is 17.2 Å². The van der Waals surface area contributed by atoms with Gasteiger partial charge in [0, 0.05) is 23.5 Å². The van der Waals surface area contributed by atoms with Gasteiger partial charge in [-0.25, -0.2) is 4.39 Å². The smallest absolute Gasteiger partial charge is 0.275 e. The van der Waals surface area contributed by atoms with Gasteiger partial charge in [0.15, 0.2) is 0 Å². The van der Waals surface area contributed by atoms with Gasteiger partial charge >= 0.3 is 0 Å². The monoisotopic (exact) mass is 393 g/mol. The lowest BCUT2D eigenvalue weighted by Crippen LogP contribution is -2.18. The molecule has 2 heterocycles. The number of carbonyl (C=O) groups is 2. The second kappa shape index (κ2) is 8.83. The van der Waals surface area contributed by atoms with Crippen molar-refractivity contribution in [3.8, 4) is 0 Å². The fraction of sp³-hybridized carbons (Fsp3) is 0.0952. The molecule has 0 radical (unpaired) electrons. The minimum absolute atomic E-state index is 0.0848. The van der Waals surface area contributed by atoms with Crippen molar-refractivity contribution in [3.05, 3.63) is 89.7 Å². The van der Waals surface area contributed by atoms with Gasteiger partial charge in [-0.2, -0.15) is 5.10 Å². The lowest BCUT2D eigenvalue weighted by atomic mass is 10.1. The molecule has 0 fully saturated rings. The van der Waals surface area contributed by atoms with E-state index in [9.17, 15) is 14.0 Å². The lowest BCUT2D eigenvalue weighted by Gasteiger charge is -2.13. The predicted octanol–water partition coefficient (Wildman–Crippen LogP) is 3.29. The van der Waals surface area contributed by atoms with Crippen LogP contribution in [0.5, 0.6) is 0 Å². The molecule has 4 N–H and O–H groups in total. The van der Waals surface area contributed by atoms with Crippen LogP contribution in [0.25, 0.3) is 0 Å². The molecule has 2 amide bonds. The Morgan fingerprint density at radius 3 is 2.72 bits per heavy atom. The van der Waals surface area contributed by atoms with E-state index in [0.29, 0.717) is 11.3 Å². The molecule has 1 aromatic carbocycles. The number of nitrogens with zero attached hydrogens (tertiary/aromatic N) is 1. The van der Waals surface area contributed by atoms with Gasteiger partial charge in [-0.15, -0.1) is 0 Å². The van der Waals surface area contributed by atoms with Crippen molar-refractivity contribution < 1.29 is 14.0 Å². The zero-order valence-electron chi connectivity index (χ0n) is 15.8. The number of rotatable bonds is 5. The van der Waals surface area contributed by atoms with Crippen LogP contribution in [0.2, 0.25) is 0 Å². The van der Waals surface area contributed by atoms with E-state index in [4.69, 9.17) is 0 Å². The van der Waals surface area contributed by atoms with Crippen LogP contribution in [-0.4, -0.2) is 28.6 Å². The zero-order chi connectivity index (χ0) is 20.8. The molecule has 0 saturated heterocycles. The third kappa shape index (κ3) is 5.07. The van der Waals surface area contributed by atoms with E-state index in [0.717, 1.165) is 17.8 Å². The molecule has 8 heteroatoms. The molecule has 148 valence electrons. The van der Waals surface area contributed by atoms with Crippen LogP contribution >= 0.6 is 0 Å². The summed E-state index contributed by atoms with van der Waals surface area (Å²) in [6, 6.07) is 5.34. The van der Waals surface area contributed by atoms with Gasteiger partial charge in [0.25, 0.3) is 11.8 Å². The summed E-state index contributed by atoms with van der Waals surface area (Å²) in [5.74, 6) is -1.29. The van der Waals surface area contributed by atoms with Crippen LogP contribution in [0.1, 0.15) is 17.4 Å². The summed E-state index contributed by atoms with van der Waals surface area (Å²) in [4.78, 5) is 24.9. The van der Waals surface area contributed by atoms with Gasteiger partial charge in [-0.3, -0.25) is 14.7 Å². The zero-order valence-corrected chi connectivity index (χ0v) is 15.8. The lowest BCUT2D eigenvalue weighted by molar-refractivity contribution is -0.112. The van der Waals surface area contributed by atoms with Gasteiger partial charge < -0.3 is 16.0 Å². The Morgan fingerprint density at radius 1 is 1.24 bits per heavy atom. The standard InChI is InChI=1S/C21H20FN5O2/c1-13(5-6-15-4-3-11-23-14(15)2)20(28)26-18-12-24-27-19(18)21(29)25-17-9-7-16(22)8-10-17/h3-10,12,23H,2,11H2,1H3,(H,24,27)(H,25,29)(H,26,28)/b13-5+,15-6-. The van der Waals surface area contributed by atoms with Crippen LogP contribution in [0.3, 0.4) is 0 Å². The topological polar surface area (TPSA) is 98.9 Å². The Balaban J connectivity index is 1.68. The SMILES string of the molecule is C=C1NCC=C/C1=C/C=C(\C)C(=O)Nc1cn[nH]c1C(=O)Nc1ccc(F)cc1. The van der Waals surface area contributed by atoms with E-state index in [-0.39, 0.29) is 17.3 Å². The summed E-state index contributed by atoms with van der Waals surface area (Å²) in [5, 5.41) is 14.8. The van der Waals surface area contributed by atoms with Crippen molar-refractivity contribution in [2.24, 2.45) is 0 Å². The van der Waals surface area contributed by atoms with Crippen LogP contribution < -0.4 is 16.0 Å². The molecule has 1 aliphatic rings. The molecule has 1 aromatic heterocycles. The number of carbonyl (C=O) groups excluding carboxylic acids is 2. The first kappa shape index (κ1) is 19.8. The van der Waals surface area contributed by atoms with Crippen molar-refractivity contribution in [1.29, 1.82) is 0 Å². The Morgan fingerprint density at radius 2 is 2.00 bits per heavy atom. The fourth-order valence-corrected chi connectivity index (χ4v) is 2.52. The van der Waals surface area contributed by atoms with E-state index in [1.807, 2.05) is 12.2 Å². The normalized spacial score (nSPS) is 15.2. The highest BCUT2D eigenvalue weighted by Crippen LogP contribution is 2.17. The summed E-state index contributed by atoms with van der Waals surface area (Å²) in [5.41, 5.74) is 2.84. The number of aromatic nitrogens is 2. The van der Waals surface area contributed by atoms with Gasteiger partial charge in [0.2, 0.25) is 0 Å². The fourth-order valence-electron chi connectivity index (χ4n) is 2.52. The Labute approximate surface area is 167 Å². The summed E-state index contributed by atoms with van der Waals surface area (Å²) >= 11 is 0. The van der Waals surface area contributed by atoms with Crippen LogP contribution in [0, 0.1) is 5.82 Å². The minimum Gasteiger partial charge on any atom is -0.382 e. The van der Waals surface area contributed by atoms with Crippen LogP contribution in [0.15, 0.2) is 78.2 Å². The Kier molecular flexibility index (Phi) is 6.03. The number of anilines is 2. The molecular formula is C21H20FN5O2. The van der Waals surface area contributed by atoms with E-state index in [2.05, 4.69) is 32.7 Å². The second-order valence-corrected chi connectivity index (χ2v) is 6.31. The maximum absolute atomic E-state index is 13.0. The van der Waals surface area contributed by atoms with Crippen LogP contribution in [-0.2, 0) is 4.79 Å². The van der Waals surface area contributed by atoms with Crippen LogP contribution in [0.4, 0.5) is 15.8 Å². The Bertz CT molecular complexity index is 1030. The maximum Gasteiger partial charge on any atom is 0.275 e. The van der Waals surface area contributed by atoms with Crippen molar-refractivity contribution in [1.82, 2.24) is 15.5 Å². The van der Waals surface area contributed by atoms with E-state index in [1.54, 1.807) is 19.1 Å². The molecule has 7 nitrogen and oxygen atoms in total. The third-order valence-corrected chi connectivity index (χ3v) is 4.17. The third-order valence-electron chi connectivity index (χ3n) is 4.17. The molecule has 0 bridgehead atoms.